The molecule has 2 rings (SSSR count). The second-order valence-electron chi connectivity index (χ2n) is 5.24. The molecular weight excluding hydrogens is 294 g/mol. The number of nitrogens with zero attached hydrogens (tertiary/aromatic N) is 1. The van der Waals surface area contributed by atoms with Crippen molar-refractivity contribution < 1.29 is 23.5 Å². The summed E-state index contributed by atoms with van der Waals surface area (Å²) in [6.07, 6.45) is 2.81. The van der Waals surface area contributed by atoms with Gasteiger partial charge in [-0.3, -0.25) is 9.59 Å². The van der Waals surface area contributed by atoms with Gasteiger partial charge in [0, 0.05) is 25.3 Å². The van der Waals surface area contributed by atoms with Gasteiger partial charge < -0.3 is 15.3 Å². The summed E-state index contributed by atoms with van der Waals surface area (Å²) in [5.41, 5.74) is -0.367. The van der Waals surface area contributed by atoms with E-state index in [1.807, 2.05) is 0 Å². The van der Waals surface area contributed by atoms with Crippen molar-refractivity contribution in [2.24, 2.45) is 0 Å². The summed E-state index contributed by atoms with van der Waals surface area (Å²) in [6, 6.07) is 2.43. The van der Waals surface area contributed by atoms with Gasteiger partial charge in [-0.05, 0) is 37.8 Å². The number of carbonyl (C=O) groups excluding carboxylic acids is 2. The zero-order chi connectivity index (χ0) is 16.1. The highest BCUT2D eigenvalue weighted by Crippen LogP contribution is 2.21. The summed E-state index contributed by atoms with van der Waals surface area (Å²) in [5.74, 6) is -3.32. The van der Waals surface area contributed by atoms with Crippen molar-refractivity contribution >= 4 is 17.5 Å². The first-order valence-electron chi connectivity index (χ1n) is 7.21. The Morgan fingerprint density at radius 3 is 2.82 bits per heavy atom. The molecular formula is C15H18F2N2O3. The molecule has 0 radical (unpaired) electrons. The van der Waals surface area contributed by atoms with E-state index in [9.17, 15) is 18.4 Å². The first kappa shape index (κ1) is 16.4. The van der Waals surface area contributed by atoms with Gasteiger partial charge in [0.1, 0.15) is 11.6 Å². The number of aliphatic hydroxyl groups is 1. The van der Waals surface area contributed by atoms with Crippen molar-refractivity contribution in [1.29, 1.82) is 0 Å². The predicted octanol–water partition coefficient (Wildman–Crippen LogP) is 1.67. The first-order valence-corrected chi connectivity index (χ1v) is 7.21. The average Bonchev–Trinajstić information content (AvgIpc) is 2.51. The fourth-order valence-electron chi connectivity index (χ4n) is 2.62. The number of halogens is 2. The molecule has 1 aliphatic heterocycles. The maximum atomic E-state index is 13.5. The Morgan fingerprint density at radius 1 is 1.32 bits per heavy atom. The van der Waals surface area contributed by atoms with E-state index < -0.39 is 23.4 Å². The number of rotatable bonds is 3. The third-order valence-electron chi connectivity index (χ3n) is 3.72. The maximum absolute atomic E-state index is 13.5. The second kappa shape index (κ2) is 7.31. The van der Waals surface area contributed by atoms with Crippen LogP contribution in [0, 0.1) is 11.6 Å². The Hall–Kier alpha value is -2.02. The van der Waals surface area contributed by atoms with Crippen molar-refractivity contribution in [3.05, 3.63) is 29.8 Å². The number of hydrogen-bond donors (Lipinski definition) is 2. The van der Waals surface area contributed by atoms with Crippen LogP contribution in [0.2, 0.25) is 0 Å². The van der Waals surface area contributed by atoms with Crippen molar-refractivity contribution in [2.45, 2.75) is 31.7 Å². The van der Waals surface area contributed by atoms with E-state index in [0.29, 0.717) is 19.4 Å². The van der Waals surface area contributed by atoms with Crippen LogP contribution in [-0.4, -0.2) is 41.0 Å². The summed E-state index contributed by atoms with van der Waals surface area (Å²) in [4.78, 5) is 25.6. The SMILES string of the molecule is O=C(Nc1cc(F)ccc1F)C(=O)N1CCCCC1CCO. The second-order valence-corrected chi connectivity index (χ2v) is 5.24. The molecule has 0 aliphatic carbocycles. The highest BCUT2D eigenvalue weighted by Gasteiger charge is 2.30. The van der Waals surface area contributed by atoms with E-state index in [0.717, 1.165) is 31.0 Å². The molecule has 1 aliphatic rings. The van der Waals surface area contributed by atoms with E-state index >= 15 is 0 Å². The molecule has 1 heterocycles. The Morgan fingerprint density at radius 2 is 2.09 bits per heavy atom. The van der Waals surface area contributed by atoms with Gasteiger partial charge in [-0.2, -0.15) is 0 Å². The molecule has 7 heteroatoms. The lowest BCUT2D eigenvalue weighted by atomic mass is 9.99. The highest BCUT2D eigenvalue weighted by atomic mass is 19.1. The molecule has 22 heavy (non-hydrogen) atoms. The number of piperidine rings is 1. The minimum Gasteiger partial charge on any atom is -0.396 e. The molecule has 5 nitrogen and oxygen atoms in total. The van der Waals surface area contributed by atoms with Gasteiger partial charge in [0.15, 0.2) is 0 Å². The van der Waals surface area contributed by atoms with Gasteiger partial charge in [-0.1, -0.05) is 0 Å². The minimum atomic E-state index is -1.01. The normalized spacial score (nSPS) is 18.1. The van der Waals surface area contributed by atoms with Crippen LogP contribution >= 0.6 is 0 Å². The Kier molecular flexibility index (Phi) is 5.43. The molecule has 0 aromatic heterocycles. The molecule has 1 aromatic carbocycles. The molecule has 0 saturated carbocycles. The van der Waals surface area contributed by atoms with Gasteiger partial charge in [0.2, 0.25) is 0 Å². The summed E-state index contributed by atoms with van der Waals surface area (Å²) >= 11 is 0. The molecule has 1 fully saturated rings. The minimum absolute atomic E-state index is 0.0748. The van der Waals surface area contributed by atoms with E-state index in [-0.39, 0.29) is 18.3 Å². The van der Waals surface area contributed by atoms with E-state index in [2.05, 4.69) is 5.32 Å². The molecule has 1 saturated heterocycles. The lowest BCUT2D eigenvalue weighted by Crippen LogP contribution is -2.48. The van der Waals surface area contributed by atoms with E-state index in [1.165, 1.54) is 4.90 Å². The predicted molar refractivity (Wildman–Crippen MR) is 76.0 cm³/mol. The summed E-state index contributed by atoms with van der Waals surface area (Å²) in [7, 11) is 0. The summed E-state index contributed by atoms with van der Waals surface area (Å²) in [6.45, 7) is 0.344. The van der Waals surface area contributed by atoms with Gasteiger partial charge in [-0.25, -0.2) is 8.78 Å². The molecule has 2 amide bonds. The molecule has 120 valence electrons. The van der Waals surface area contributed by atoms with Crippen molar-refractivity contribution in [1.82, 2.24) is 4.90 Å². The highest BCUT2D eigenvalue weighted by molar-refractivity contribution is 6.39. The summed E-state index contributed by atoms with van der Waals surface area (Å²) in [5, 5.41) is 11.1. The van der Waals surface area contributed by atoms with Gasteiger partial charge in [0.05, 0.1) is 5.69 Å². The smallest absolute Gasteiger partial charge is 0.313 e. The van der Waals surface area contributed by atoms with Crippen LogP contribution in [0.25, 0.3) is 0 Å². The zero-order valence-corrected chi connectivity index (χ0v) is 12.0. The number of amides is 2. The van der Waals surface area contributed by atoms with E-state index in [1.54, 1.807) is 0 Å². The quantitative estimate of drug-likeness (QED) is 0.834. The zero-order valence-electron chi connectivity index (χ0n) is 12.0. The van der Waals surface area contributed by atoms with Crippen LogP contribution in [0.15, 0.2) is 18.2 Å². The number of nitrogens with one attached hydrogen (secondary N) is 1. The third-order valence-corrected chi connectivity index (χ3v) is 3.72. The lowest BCUT2D eigenvalue weighted by molar-refractivity contribution is -0.146. The monoisotopic (exact) mass is 312 g/mol. The summed E-state index contributed by atoms with van der Waals surface area (Å²) < 4.78 is 26.6. The van der Waals surface area contributed by atoms with Gasteiger partial charge >= 0.3 is 11.8 Å². The van der Waals surface area contributed by atoms with Crippen LogP contribution < -0.4 is 5.32 Å². The third kappa shape index (κ3) is 3.79. The molecule has 0 bridgehead atoms. The largest absolute Gasteiger partial charge is 0.396 e. The first-order chi connectivity index (χ1) is 10.5. The standard InChI is InChI=1S/C15H18F2N2O3/c16-10-4-5-12(17)13(9-10)18-14(21)15(22)19-7-2-1-3-11(19)6-8-20/h4-5,9,11,20H,1-3,6-8H2,(H,18,21). The molecule has 0 spiro atoms. The number of likely N-dealkylation sites (tertiary alicyclic amines) is 1. The Bertz CT molecular complexity index is 564. The van der Waals surface area contributed by atoms with Crippen molar-refractivity contribution in [2.75, 3.05) is 18.5 Å². The Labute approximate surface area is 126 Å². The molecule has 1 atom stereocenters. The number of benzene rings is 1. The van der Waals surface area contributed by atoms with Gasteiger partial charge in [-0.15, -0.1) is 0 Å². The van der Waals surface area contributed by atoms with Crippen LogP contribution in [0.5, 0.6) is 0 Å². The number of aliphatic hydroxyl groups excluding tert-OH is 1. The van der Waals surface area contributed by atoms with Gasteiger partial charge in [0.25, 0.3) is 0 Å². The Balaban J connectivity index is 2.07. The fraction of sp³-hybridized carbons (Fsp3) is 0.467. The average molecular weight is 312 g/mol. The molecule has 1 aromatic rings. The fourth-order valence-corrected chi connectivity index (χ4v) is 2.62. The molecule has 2 N–H and O–H groups in total. The van der Waals surface area contributed by atoms with Crippen LogP contribution in [0.3, 0.4) is 0 Å². The van der Waals surface area contributed by atoms with Crippen molar-refractivity contribution in [3.63, 3.8) is 0 Å². The van der Waals surface area contributed by atoms with Crippen LogP contribution in [0.4, 0.5) is 14.5 Å². The molecule has 1 unspecified atom stereocenters. The van der Waals surface area contributed by atoms with E-state index in [4.69, 9.17) is 5.11 Å². The number of anilines is 1. The number of carbonyl (C=O) groups is 2. The van der Waals surface area contributed by atoms with Crippen LogP contribution in [-0.2, 0) is 9.59 Å². The van der Waals surface area contributed by atoms with Crippen molar-refractivity contribution in [3.8, 4) is 0 Å². The number of hydrogen-bond acceptors (Lipinski definition) is 3. The maximum Gasteiger partial charge on any atom is 0.313 e. The lowest BCUT2D eigenvalue weighted by Gasteiger charge is -2.35. The van der Waals surface area contributed by atoms with Crippen LogP contribution in [0.1, 0.15) is 25.7 Å². The topological polar surface area (TPSA) is 69.6 Å².